The van der Waals surface area contributed by atoms with Crippen molar-refractivity contribution in [2.75, 3.05) is 0 Å². The van der Waals surface area contributed by atoms with E-state index >= 15 is 0 Å². The van der Waals surface area contributed by atoms with Gasteiger partial charge in [-0.15, -0.1) is 0 Å². The first-order valence-electron chi connectivity index (χ1n) is 11.0. The standard InChI is InChI=1S/C27H38O2/c1-21(2)14-13-19-27(6)20-23(27)24(29-25(28)26(3,4)5)18-12-8-11-17-22-15-9-7-10-16-22/h7,9-10,14-16,23-24H,8,11,13,17,19-20H2,1-6H3/t23-,24-,27+/m1/s1. The van der Waals surface area contributed by atoms with Gasteiger partial charge >= 0.3 is 5.97 Å². The van der Waals surface area contributed by atoms with Crippen LogP contribution in [0.1, 0.15) is 79.2 Å². The average molecular weight is 395 g/mol. The van der Waals surface area contributed by atoms with E-state index < -0.39 is 5.41 Å². The number of unbranched alkanes of at least 4 members (excludes halogenated alkanes) is 1. The molecule has 0 unspecified atom stereocenters. The molecule has 1 fully saturated rings. The van der Waals surface area contributed by atoms with Gasteiger partial charge in [-0.25, -0.2) is 0 Å². The van der Waals surface area contributed by atoms with Crippen LogP contribution in [0.4, 0.5) is 0 Å². The Hall–Kier alpha value is -2.01. The number of ether oxygens (including phenoxy) is 1. The van der Waals surface area contributed by atoms with Crippen molar-refractivity contribution >= 4 is 5.97 Å². The first kappa shape index (κ1) is 23.3. The van der Waals surface area contributed by atoms with Crippen molar-refractivity contribution < 1.29 is 9.53 Å². The molecule has 0 N–H and O–H groups in total. The molecule has 29 heavy (non-hydrogen) atoms. The quantitative estimate of drug-likeness (QED) is 0.211. The number of allylic oxidation sites excluding steroid dienone is 2. The minimum absolute atomic E-state index is 0.153. The normalized spacial score (nSPS) is 21.5. The molecule has 2 nitrogen and oxygen atoms in total. The highest BCUT2D eigenvalue weighted by molar-refractivity contribution is 5.75. The predicted octanol–water partition coefficient (Wildman–Crippen LogP) is 6.74. The zero-order valence-electron chi connectivity index (χ0n) is 19.2. The summed E-state index contributed by atoms with van der Waals surface area (Å²) in [6.45, 7) is 12.3. The minimum atomic E-state index is -0.499. The summed E-state index contributed by atoms with van der Waals surface area (Å²) in [6, 6.07) is 10.5. The molecule has 158 valence electrons. The van der Waals surface area contributed by atoms with E-state index in [-0.39, 0.29) is 17.5 Å². The Morgan fingerprint density at radius 1 is 1.28 bits per heavy atom. The Labute approximate surface area is 178 Å². The van der Waals surface area contributed by atoms with Crippen molar-refractivity contribution in [2.24, 2.45) is 16.7 Å². The van der Waals surface area contributed by atoms with E-state index in [2.05, 4.69) is 63.0 Å². The number of hydrogen-bond donors (Lipinski definition) is 0. The molecular formula is C27H38O2. The average Bonchev–Trinajstić information content (AvgIpc) is 3.31. The van der Waals surface area contributed by atoms with Crippen LogP contribution in [0.3, 0.4) is 0 Å². The van der Waals surface area contributed by atoms with Gasteiger partial charge in [0.05, 0.1) is 5.41 Å². The molecule has 1 saturated carbocycles. The summed E-state index contributed by atoms with van der Waals surface area (Å²) < 4.78 is 5.90. The van der Waals surface area contributed by atoms with Crippen LogP contribution in [0.15, 0.2) is 42.0 Å². The van der Waals surface area contributed by atoms with Gasteiger partial charge in [-0.05, 0) is 77.7 Å². The summed E-state index contributed by atoms with van der Waals surface area (Å²) in [6.07, 6.45) is 8.21. The lowest BCUT2D eigenvalue weighted by Crippen LogP contribution is -2.29. The van der Waals surface area contributed by atoms with Crippen LogP contribution >= 0.6 is 0 Å². The van der Waals surface area contributed by atoms with E-state index in [1.54, 1.807) is 0 Å². The Balaban J connectivity index is 1.95. The predicted molar refractivity (Wildman–Crippen MR) is 121 cm³/mol. The van der Waals surface area contributed by atoms with Crippen molar-refractivity contribution in [3.63, 3.8) is 0 Å². The van der Waals surface area contributed by atoms with Gasteiger partial charge in [0, 0.05) is 12.3 Å². The minimum Gasteiger partial charge on any atom is -0.448 e. The van der Waals surface area contributed by atoms with E-state index in [0.29, 0.717) is 5.92 Å². The molecule has 1 aromatic rings. The molecule has 1 aliphatic carbocycles. The molecule has 1 aliphatic rings. The van der Waals surface area contributed by atoms with Crippen molar-refractivity contribution in [1.29, 1.82) is 0 Å². The van der Waals surface area contributed by atoms with E-state index in [0.717, 1.165) is 38.5 Å². The fourth-order valence-corrected chi connectivity index (χ4v) is 3.60. The van der Waals surface area contributed by atoms with Crippen LogP contribution in [0.2, 0.25) is 0 Å². The Kier molecular flexibility index (Phi) is 8.14. The Morgan fingerprint density at radius 3 is 2.59 bits per heavy atom. The van der Waals surface area contributed by atoms with Gasteiger partial charge < -0.3 is 4.74 Å². The van der Waals surface area contributed by atoms with Crippen LogP contribution in [0.5, 0.6) is 0 Å². The van der Waals surface area contributed by atoms with E-state index in [9.17, 15) is 4.79 Å². The highest BCUT2D eigenvalue weighted by Gasteiger charge is 2.54. The van der Waals surface area contributed by atoms with E-state index in [1.807, 2.05) is 26.8 Å². The molecule has 0 aromatic heterocycles. The fraction of sp³-hybridized carbons (Fsp3) is 0.593. The third-order valence-electron chi connectivity index (χ3n) is 5.76. The zero-order chi connectivity index (χ0) is 21.5. The number of esters is 1. The Bertz CT molecular complexity index is 753. The van der Waals surface area contributed by atoms with Crippen molar-refractivity contribution in [1.82, 2.24) is 0 Å². The van der Waals surface area contributed by atoms with E-state index in [4.69, 9.17) is 4.74 Å². The number of hydrogen-bond acceptors (Lipinski definition) is 2. The second kappa shape index (κ2) is 10.1. The van der Waals surface area contributed by atoms with Crippen molar-refractivity contribution in [2.45, 2.75) is 86.2 Å². The summed E-state index contributed by atoms with van der Waals surface area (Å²) in [4.78, 5) is 12.5. The van der Waals surface area contributed by atoms with Gasteiger partial charge in [-0.2, -0.15) is 0 Å². The molecule has 3 atom stereocenters. The molecule has 0 radical (unpaired) electrons. The first-order chi connectivity index (χ1) is 13.6. The molecule has 0 aliphatic heterocycles. The maximum absolute atomic E-state index is 12.5. The highest BCUT2D eigenvalue weighted by atomic mass is 16.5. The number of aryl methyl sites for hydroxylation is 1. The molecule has 0 bridgehead atoms. The molecule has 0 heterocycles. The van der Waals surface area contributed by atoms with Gasteiger partial charge in [0.2, 0.25) is 0 Å². The summed E-state index contributed by atoms with van der Waals surface area (Å²) in [5.41, 5.74) is 2.44. The van der Waals surface area contributed by atoms with Gasteiger partial charge in [0.1, 0.15) is 0 Å². The van der Waals surface area contributed by atoms with E-state index in [1.165, 1.54) is 11.1 Å². The largest absolute Gasteiger partial charge is 0.448 e. The lowest BCUT2D eigenvalue weighted by atomic mass is 9.95. The highest BCUT2D eigenvalue weighted by Crippen LogP contribution is 2.58. The third kappa shape index (κ3) is 7.73. The van der Waals surface area contributed by atoms with Gasteiger partial charge in [0.15, 0.2) is 6.10 Å². The fourth-order valence-electron chi connectivity index (χ4n) is 3.60. The SMILES string of the molecule is CC(C)=CCC[C@@]1(C)C[C@@H]1[C@@H](C#CCCCc1ccccc1)OC(=O)C(C)(C)C. The molecule has 2 rings (SSSR count). The van der Waals surface area contributed by atoms with Gasteiger partial charge in [-0.1, -0.05) is 60.7 Å². The molecule has 0 amide bonds. The van der Waals surface area contributed by atoms with Crippen LogP contribution in [0, 0.1) is 28.6 Å². The second-order valence-corrected chi connectivity index (χ2v) is 10.0. The summed E-state index contributed by atoms with van der Waals surface area (Å²) >= 11 is 0. The van der Waals surface area contributed by atoms with Crippen molar-refractivity contribution in [3.05, 3.63) is 47.5 Å². The van der Waals surface area contributed by atoms with Crippen molar-refractivity contribution in [3.8, 4) is 11.8 Å². The van der Waals surface area contributed by atoms with Crippen LogP contribution < -0.4 is 0 Å². The smallest absolute Gasteiger partial charge is 0.312 e. The first-order valence-corrected chi connectivity index (χ1v) is 11.0. The molecule has 0 saturated heterocycles. The van der Waals surface area contributed by atoms with Gasteiger partial charge in [-0.3, -0.25) is 4.79 Å². The monoisotopic (exact) mass is 394 g/mol. The number of benzene rings is 1. The number of rotatable bonds is 8. The lowest BCUT2D eigenvalue weighted by Gasteiger charge is -2.22. The maximum Gasteiger partial charge on any atom is 0.312 e. The summed E-state index contributed by atoms with van der Waals surface area (Å²) in [5.74, 6) is 6.82. The Morgan fingerprint density at radius 2 is 1.97 bits per heavy atom. The topological polar surface area (TPSA) is 26.3 Å². The third-order valence-corrected chi connectivity index (χ3v) is 5.76. The zero-order valence-corrected chi connectivity index (χ0v) is 19.2. The maximum atomic E-state index is 12.5. The van der Waals surface area contributed by atoms with Crippen LogP contribution in [-0.4, -0.2) is 12.1 Å². The number of carbonyl (C=O) groups excluding carboxylic acids is 1. The van der Waals surface area contributed by atoms with Gasteiger partial charge in [0.25, 0.3) is 0 Å². The lowest BCUT2D eigenvalue weighted by molar-refractivity contribution is -0.157. The summed E-state index contributed by atoms with van der Waals surface area (Å²) in [7, 11) is 0. The molecular weight excluding hydrogens is 356 g/mol. The second-order valence-electron chi connectivity index (χ2n) is 10.0. The number of carbonyl (C=O) groups is 1. The van der Waals surface area contributed by atoms with Crippen LogP contribution in [-0.2, 0) is 16.0 Å². The van der Waals surface area contributed by atoms with Crippen LogP contribution in [0.25, 0.3) is 0 Å². The molecule has 2 heteroatoms. The molecule has 1 aromatic carbocycles. The summed E-state index contributed by atoms with van der Waals surface area (Å²) in [5, 5.41) is 0. The molecule has 0 spiro atoms.